The first-order valence-corrected chi connectivity index (χ1v) is 11.1. The van der Waals surface area contributed by atoms with Crippen LogP contribution < -0.4 is 9.64 Å². The van der Waals surface area contributed by atoms with Gasteiger partial charge in [0.15, 0.2) is 0 Å². The first kappa shape index (κ1) is 20.1. The van der Waals surface area contributed by atoms with Crippen LogP contribution in [0.5, 0.6) is 11.5 Å². The second-order valence-corrected chi connectivity index (χ2v) is 8.62. The molecular weight excluding hydrogens is 362 g/mol. The van der Waals surface area contributed by atoms with Gasteiger partial charge in [0.2, 0.25) is 0 Å². The Balaban J connectivity index is 1.44. The van der Waals surface area contributed by atoms with Crippen molar-refractivity contribution in [3.05, 3.63) is 53.6 Å². The fourth-order valence-corrected chi connectivity index (χ4v) is 5.11. The zero-order valence-electron chi connectivity index (χ0n) is 17.4. The number of fused-ring (bicyclic) bond motifs is 3. The highest BCUT2D eigenvalue weighted by atomic mass is 16.5. The Morgan fingerprint density at radius 1 is 1.21 bits per heavy atom. The number of benzene rings is 2. The van der Waals surface area contributed by atoms with Crippen molar-refractivity contribution in [3.63, 3.8) is 0 Å². The summed E-state index contributed by atoms with van der Waals surface area (Å²) in [5.74, 6) is 1.30. The number of phenolic OH excluding ortho intramolecular Hbond substituents is 1. The van der Waals surface area contributed by atoms with Crippen LogP contribution in [0.1, 0.15) is 62.5 Å². The molecule has 2 aliphatic rings. The van der Waals surface area contributed by atoms with Crippen molar-refractivity contribution in [2.75, 3.05) is 18.1 Å². The minimum atomic E-state index is 0.0994. The summed E-state index contributed by atoms with van der Waals surface area (Å²) in [7, 11) is 0. The van der Waals surface area contributed by atoms with E-state index in [0.29, 0.717) is 18.2 Å². The van der Waals surface area contributed by atoms with Gasteiger partial charge in [-0.15, -0.1) is 0 Å². The van der Waals surface area contributed by atoms with E-state index in [1.165, 1.54) is 18.4 Å². The van der Waals surface area contributed by atoms with Gasteiger partial charge in [0.25, 0.3) is 0 Å². The summed E-state index contributed by atoms with van der Waals surface area (Å²) in [5.41, 5.74) is 3.48. The molecule has 2 N–H and O–H groups in total. The number of phenols is 1. The van der Waals surface area contributed by atoms with E-state index >= 15 is 0 Å². The zero-order chi connectivity index (χ0) is 20.2. The summed E-state index contributed by atoms with van der Waals surface area (Å²) in [6.07, 6.45) is 7.34. The van der Waals surface area contributed by atoms with E-state index in [2.05, 4.69) is 42.2 Å². The maximum Gasteiger partial charge on any atom is 0.125 e. The molecule has 4 rings (SSSR count). The minimum Gasteiger partial charge on any atom is -0.507 e. The van der Waals surface area contributed by atoms with E-state index < -0.39 is 0 Å². The summed E-state index contributed by atoms with van der Waals surface area (Å²) in [6.45, 7) is 3.31. The highest BCUT2D eigenvalue weighted by Crippen LogP contribution is 2.49. The topological polar surface area (TPSA) is 52.9 Å². The lowest BCUT2D eigenvalue weighted by molar-refractivity contribution is 0.207. The van der Waals surface area contributed by atoms with Crippen molar-refractivity contribution < 1.29 is 14.9 Å². The highest BCUT2D eigenvalue weighted by Gasteiger charge is 2.37. The molecule has 2 aromatic carbocycles. The van der Waals surface area contributed by atoms with Crippen molar-refractivity contribution in [1.29, 1.82) is 0 Å². The summed E-state index contributed by atoms with van der Waals surface area (Å²) in [4.78, 5) is 2.44. The van der Waals surface area contributed by atoms with Gasteiger partial charge in [-0.1, -0.05) is 30.3 Å². The molecule has 3 atom stereocenters. The number of aliphatic hydroxyl groups is 1. The lowest BCUT2D eigenvalue weighted by Crippen LogP contribution is -2.36. The van der Waals surface area contributed by atoms with Crippen LogP contribution in [-0.4, -0.2) is 35.5 Å². The maximum atomic E-state index is 10.8. The molecule has 1 saturated heterocycles. The normalized spacial score (nSPS) is 21.5. The first-order valence-electron chi connectivity index (χ1n) is 11.1. The van der Waals surface area contributed by atoms with Crippen molar-refractivity contribution in [2.24, 2.45) is 0 Å². The smallest absolute Gasteiger partial charge is 0.125 e. The number of nitrogens with zero attached hydrogens (tertiary/aromatic N) is 1. The molecule has 0 amide bonds. The highest BCUT2D eigenvalue weighted by molar-refractivity contribution is 5.67. The van der Waals surface area contributed by atoms with Gasteiger partial charge in [-0.25, -0.2) is 0 Å². The number of hydrogen-bond acceptors (Lipinski definition) is 4. The van der Waals surface area contributed by atoms with Gasteiger partial charge in [-0.3, -0.25) is 0 Å². The van der Waals surface area contributed by atoms with E-state index in [0.717, 1.165) is 49.2 Å². The first-order chi connectivity index (χ1) is 14.2. The summed E-state index contributed by atoms with van der Waals surface area (Å²) < 4.78 is 6.21. The van der Waals surface area contributed by atoms with E-state index in [4.69, 9.17) is 4.74 Å². The number of aliphatic hydroxyl groups excluding tert-OH is 1. The van der Waals surface area contributed by atoms with Crippen LogP contribution in [0.4, 0.5) is 5.69 Å². The van der Waals surface area contributed by atoms with E-state index in [1.807, 2.05) is 6.07 Å². The van der Waals surface area contributed by atoms with Crippen LogP contribution >= 0.6 is 0 Å². The number of aromatic hydroxyl groups is 1. The van der Waals surface area contributed by atoms with Crippen LogP contribution in [0.2, 0.25) is 0 Å². The number of aryl methyl sites for hydroxylation is 1. The molecule has 156 valence electrons. The van der Waals surface area contributed by atoms with E-state index in [-0.39, 0.29) is 18.6 Å². The molecule has 4 nitrogen and oxygen atoms in total. The lowest BCUT2D eigenvalue weighted by Gasteiger charge is -2.39. The Bertz CT molecular complexity index is 807. The van der Waals surface area contributed by atoms with E-state index in [1.54, 1.807) is 6.07 Å². The van der Waals surface area contributed by atoms with Crippen molar-refractivity contribution in [2.45, 2.75) is 69.9 Å². The molecule has 0 spiro atoms. The predicted molar refractivity (Wildman–Crippen MR) is 117 cm³/mol. The Morgan fingerprint density at radius 2 is 2.03 bits per heavy atom. The molecule has 2 heterocycles. The third kappa shape index (κ3) is 4.53. The number of anilines is 1. The Morgan fingerprint density at radius 3 is 2.83 bits per heavy atom. The molecule has 2 aromatic rings. The Labute approximate surface area is 174 Å². The third-order valence-electron chi connectivity index (χ3n) is 6.50. The molecule has 0 radical (unpaired) electrons. The summed E-state index contributed by atoms with van der Waals surface area (Å²) in [6, 6.07) is 15.0. The SMILES string of the molecule is C[C@H](CCCc1ccccc1)Oc1cc(O)c2c(c1)N1CCC[C@H]1C[C@@H]2CCO. The van der Waals surface area contributed by atoms with Gasteiger partial charge in [0, 0.05) is 42.6 Å². The number of hydrogen-bond donors (Lipinski definition) is 2. The lowest BCUT2D eigenvalue weighted by atomic mass is 9.83. The number of ether oxygens (including phenoxy) is 1. The third-order valence-corrected chi connectivity index (χ3v) is 6.50. The standard InChI is InChI=1S/C25H33NO3/c1-18(7-5-10-19-8-3-2-4-9-19)29-22-16-23-25(24(28)17-22)20(12-14-27)15-21-11-6-13-26(21)23/h2-4,8-9,16-18,20-21,27-28H,5-7,10-15H2,1H3/t18-,20+,21+/m1/s1. The zero-order valence-corrected chi connectivity index (χ0v) is 17.4. The van der Waals surface area contributed by atoms with Crippen LogP contribution in [0.3, 0.4) is 0 Å². The maximum absolute atomic E-state index is 10.8. The van der Waals surface area contributed by atoms with Crippen LogP contribution in [0.25, 0.3) is 0 Å². The quantitative estimate of drug-likeness (QED) is 0.659. The molecule has 0 aliphatic carbocycles. The van der Waals surface area contributed by atoms with Crippen molar-refractivity contribution in [1.82, 2.24) is 0 Å². The van der Waals surface area contributed by atoms with Gasteiger partial charge in [-0.05, 0) is 63.4 Å². The van der Waals surface area contributed by atoms with Crippen molar-refractivity contribution >= 4 is 5.69 Å². The fourth-order valence-electron chi connectivity index (χ4n) is 5.11. The van der Waals surface area contributed by atoms with Crippen LogP contribution in [0, 0.1) is 0 Å². The van der Waals surface area contributed by atoms with Gasteiger partial charge < -0.3 is 19.8 Å². The molecule has 29 heavy (non-hydrogen) atoms. The van der Waals surface area contributed by atoms with Crippen LogP contribution in [-0.2, 0) is 6.42 Å². The van der Waals surface area contributed by atoms with Gasteiger partial charge >= 0.3 is 0 Å². The second kappa shape index (κ2) is 9.08. The minimum absolute atomic E-state index is 0.0994. The Kier molecular flexibility index (Phi) is 6.29. The molecule has 1 fully saturated rings. The molecule has 2 aliphatic heterocycles. The van der Waals surface area contributed by atoms with Crippen molar-refractivity contribution in [3.8, 4) is 11.5 Å². The Hall–Kier alpha value is -2.20. The largest absolute Gasteiger partial charge is 0.507 e. The molecule has 4 heteroatoms. The average molecular weight is 396 g/mol. The van der Waals surface area contributed by atoms with Crippen LogP contribution in [0.15, 0.2) is 42.5 Å². The second-order valence-electron chi connectivity index (χ2n) is 8.62. The van der Waals surface area contributed by atoms with Gasteiger partial charge in [0.1, 0.15) is 11.5 Å². The van der Waals surface area contributed by atoms with Gasteiger partial charge in [0.05, 0.1) is 6.10 Å². The summed E-state index contributed by atoms with van der Waals surface area (Å²) in [5, 5.41) is 20.3. The fraction of sp³-hybridized carbons (Fsp3) is 0.520. The number of rotatable bonds is 8. The summed E-state index contributed by atoms with van der Waals surface area (Å²) >= 11 is 0. The molecule has 0 aromatic heterocycles. The van der Waals surface area contributed by atoms with Gasteiger partial charge in [-0.2, -0.15) is 0 Å². The molecular formula is C25H33NO3. The predicted octanol–water partition coefficient (Wildman–Crippen LogP) is 5.02. The average Bonchev–Trinajstić information content (AvgIpc) is 3.17. The monoisotopic (exact) mass is 395 g/mol. The molecule has 0 unspecified atom stereocenters. The molecule has 0 saturated carbocycles. The van der Waals surface area contributed by atoms with E-state index in [9.17, 15) is 10.2 Å². The molecule has 0 bridgehead atoms.